The number of nitrogens with zero attached hydrogens (tertiary/aromatic N) is 1. The van der Waals surface area contributed by atoms with Crippen LogP contribution in [0.5, 0.6) is 0 Å². The summed E-state index contributed by atoms with van der Waals surface area (Å²) in [6.45, 7) is 16.0. The highest BCUT2D eigenvalue weighted by atomic mass is 32.2. The maximum absolute atomic E-state index is 6.22. The molecule has 0 aromatic heterocycles. The van der Waals surface area contributed by atoms with Crippen LogP contribution in [-0.4, -0.2) is 41.1 Å². The van der Waals surface area contributed by atoms with Gasteiger partial charge in [-0.25, -0.2) is 0 Å². The largest absolute Gasteiger partial charge is 0.329 e. The minimum atomic E-state index is 0.199. The highest BCUT2D eigenvalue weighted by Crippen LogP contribution is 2.42. The molecule has 0 amide bonds. The second-order valence-corrected chi connectivity index (χ2v) is 8.39. The molecular weight excluding hydrogens is 240 g/mol. The molecule has 1 aliphatic heterocycles. The number of thioether (sulfide) groups is 1. The van der Waals surface area contributed by atoms with Gasteiger partial charge in [0.2, 0.25) is 0 Å². The van der Waals surface area contributed by atoms with Crippen LogP contribution in [0.15, 0.2) is 0 Å². The third kappa shape index (κ3) is 3.88. The molecule has 18 heavy (non-hydrogen) atoms. The summed E-state index contributed by atoms with van der Waals surface area (Å²) in [4.78, 5) is 2.67. The summed E-state index contributed by atoms with van der Waals surface area (Å²) in [5.41, 5.74) is 6.83. The van der Waals surface area contributed by atoms with Gasteiger partial charge >= 0.3 is 0 Å². The molecular formula is C15H32N2S. The summed E-state index contributed by atoms with van der Waals surface area (Å²) in [5, 5.41) is 0. The zero-order valence-corrected chi connectivity index (χ0v) is 13.9. The van der Waals surface area contributed by atoms with E-state index in [1.54, 1.807) is 0 Å². The van der Waals surface area contributed by atoms with E-state index in [1.165, 1.54) is 17.9 Å². The topological polar surface area (TPSA) is 29.3 Å². The van der Waals surface area contributed by atoms with Gasteiger partial charge in [-0.3, -0.25) is 4.90 Å². The van der Waals surface area contributed by atoms with Gasteiger partial charge < -0.3 is 5.73 Å². The lowest BCUT2D eigenvalue weighted by molar-refractivity contribution is 0.0318. The van der Waals surface area contributed by atoms with E-state index in [0.29, 0.717) is 17.4 Å². The molecule has 1 rings (SSSR count). The van der Waals surface area contributed by atoms with Crippen LogP contribution < -0.4 is 5.73 Å². The van der Waals surface area contributed by atoms with E-state index in [9.17, 15) is 0 Å². The summed E-state index contributed by atoms with van der Waals surface area (Å²) in [6, 6.07) is 0.574. The standard InChI is InChI=1S/C15H32N2S/c1-12(2)7-17(13(3)4)15(9-16)8-14(5,6)10-18-11-15/h12-13H,7-11,16H2,1-6H3. The average Bonchev–Trinajstić information content (AvgIpc) is 2.23. The first-order valence-electron chi connectivity index (χ1n) is 7.27. The number of rotatable bonds is 5. The molecule has 0 aliphatic carbocycles. The molecule has 0 bridgehead atoms. The van der Waals surface area contributed by atoms with Gasteiger partial charge in [0.1, 0.15) is 0 Å². The van der Waals surface area contributed by atoms with Crippen molar-refractivity contribution in [3.8, 4) is 0 Å². The van der Waals surface area contributed by atoms with Gasteiger partial charge in [0.25, 0.3) is 0 Å². The summed E-state index contributed by atoms with van der Waals surface area (Å²) < 4.78 is 0. The van der Waals surface area contributed by atoms with Crippen LogP contribution in [0.4, 0.5) is 0 Å². The van der Waals surface area contributed by atoms with Gasteiger partial charge in [-0.2, -0.15) is 11.8 Å². The Morgan fingerprint density at radius 3 is 2.17 bits per heavy atom. The van der Waals surface area contributed by atoms with Crippen molar-refractivity contribution in [2.24, 2.45) is 17.1 Å². The smallest absolute Gasteiger partial charge is 0.0430 e. The molecule has 0 saturated carbocycles. The second kappa shape index (κ2) is 6.15. The first-order valence-corrected chi connectivity index (χ1v) is 8.42. The Morgan fingerprint density at radius 1 is 1.17 bits per heavy atom. The maximum Gasteiger partial charge on any atom is 0.0430 e. The Kier molecular flexibility index (Phi) is 5.58. The van der Waals surface area contributed by atoms with Crippen molar-refractivity contribution in [3.05, 3.63) is 0 Å². The van der Waals surface area contributed by atoms with Crippen molar-refractivity contribution in [1.82, 2.24) is 4.90 Å². The highest BCUT2D eigenvalue weighted by Gasteiger charge is 2.44. The lowest BCUT2D eigenvalue weighted by Gasteiger charge is -2.52. The van der Waals surface area contributed by atoms with Crippen molar-refractivity contribution >= 4 is 11.8 Å². The zero-order chi connectivity index (χ0) is 14.0. The minimum absolute atomic E-state index is 0.199. The number of hydrogen-bond donors (Lipinski definition) is 1. The van der Waals surface area contributed by atoms with Crippen LogP contribution in [0, 0.1) is 11.3 Å². The molecule has 0 aromatic carbocycles. The summed E-state index contributed by atoms with van der Waals surface area (Å²) in [6.07, 6.45) is 1.23. The third-order valence-corrected chi connectivity index (χ3v) is 5.57. The van der Waals surface area contributed by atoms with Crippen LogP contribution in [0.3, 0.4) is 0 Å². The Bertz CT molecular complexity index is 263. The first kappa shape index (κ1) is 16.3. The molecule has 1 aliphatic rings. The third-order valence-electron chi connectivity index (χ3n) is 3.85. The molecule has 2 N–H and O–H groups in total. The van der Waals surface area contributed by atoms with E-state index in [4.69, 9.17) is 5.73 Å². The van der Waals surface area contributed by atoms with Gasteiger partial charge in [-0.05, 0) is 37.4 Å². The van der Waals surface area contributed by atoms with Crippen molar-refractivity contribution in [1.29, 1.82) is 0 Å². The van der Waals surface area contributed by atoms with Crippen molar-refractivity contribution in [2.75, 3.05) is 24.6 Å². The highest BCUT2D eigenvalue weighted by molar-refractivity contribution is 7.99. The minimum Gasteiger partial charge on any atom is -0.329 e. The molecule has 1 fully saturated rings. The Hall–Kier alpha value is 0.270. The quantitative estimate of drug-likeness (QED) is 0.833. The van der Waals surface area contributed by atoms with Gasteiger partial charge in [0.15, 0.2) is 0 Å². The van der Waals surface area contributed by atoms with Crippen LogP contribution in [0.25, 0.3) is 0 Å². The molecule has 2 nitrogen and oxygen atoms in total. The van der Waals surface area contributed by atoms with E-state index in [2.05, 4.69) is 58.2 Å². The van der Waals surface area contributed by atoms with Crippen LogP contribution >= 0.6 is 11.8 Å². The number of hydrogen-bond acceptors (Lipinski definition) is 3. The Morgan fingerprint density at radius 2 is 1.78 bits per heavy atom. The van der Waals surface area contributed by atoms with Gasteiger partial charge in [-0.1, -0.05) is 27.7 Å². The Balaban J connectivity index is 2.95. The van der Waals surface area contributed by atoms with Crippen LogP contribution in [0.2, 0.25) is 0 Å². The van der Waals surface area contributed by atoms with Crippen molar-refractivity contribution < 1.29 is 0 Å². The summed E-state index contributed by atoms with van der Waals surface area (Å²) in [7, 11) is 0. The predicted octanol–water partition coefficient (Wildman–Crippen LogP) is 3.21. The average molecular weight is 273 g/mol. The van der Waals surface area contributed by atoms with E-state index in [-0.39, 0.29) is 5.54 Å². The molecule has 3 heteroatoms. The lowest BCUT2D eigenvalue weighted by atomic mass is 9.78. The summed E-state index contributed by atoms with van der Waals surface area (Å²) >= 11 is 2.08. The molecule has 0 spiro atoms. The predicted molar refractivity (Wildman–Crippen MR) is 84.2 cm³/mol. The molecule has 1 heterocycles. The molecule has 1 unspecified atom stereocenters. The molecule has 0 radical (unpaired) electrons. The van der Waals surface area contributed by atoms with Crippen LogP contribution in [-0.2, 0) is 0 Å². The Labute approximate surface area is 118 Å². The van der Waals surface area contributed by atoms with Gasteiger partial charge in [0, 0.05) is 30.4 Å². The van der Waals surface area contributed by atoms with Crippen molar-refractivity contribution in [2.45, 2.75) is 59.5 Å². The monoisotopic (exact) mass is 272 g/mol. The first-order chi connectivity index (χ1) is 8.22. The fourth-order valence-corrected chi connectivity index (χ4v) is 4.81. The molecule has 108 valence electrons. The van der Waals surface area contributed by atoms with Gasteiger partial charge in [0.05, 0.1) is 0 Å². The molecule has 0 aromatic rings. The normalized spacial score (nSPS) is 28.3. The maximum atomic E-state index is 6.22. The zero-order valence-electron chi connectivity index (χ0n) is 13.1. The summed E-state index contributed by atoms with van der Waals surface area (Å²) in [5.74, 6) is 3.16. The lowest BCUT2D eigenvalue weighted by Crippen LogP contribution is -2.62. The van der Waals surface area contributed by atoms with E-state index in [1.807, 2.05) is 0 Å². The van der Waals surface area contributed by atoms with E-state index >= 15 is 0 Å². The fraction of sp³-hybridized carbons (Fsp3) is 1.00. The van der Waals surface area contributed by atoms with Crippen molar-refractivity contribution in [3.63, 3.8) is 0 Å². The fourth-order valence-electron chi connectivity index (χ4n) is 3.29. The van der Waals surface area contributed by atoms with E-state index in [0.717, 1.165) is 13.1 Å². The van der Waals surface area contributed by atoms with Gasteiger partial charge in [-0.15, -0.1) is 0 Å². The van der Waals surface area contributed by atoms with E-state index < -0.39 is 0 Å². The number of nitrogens with two attached hydrogens (primary N) is 1. The molecule has 1 atom stereocenters. The van der Waals surface area contributed by atoms with Crippen LogP contribution in [0.1, 0.15) is 48.0 Å². The molecule has 1 saturated heterocycles. The SMILES string of the molecule is CC(C)CN(C(C)C)C1(CN)CSCC(C)(C)C1. The second-order valence-electron chi connectivity index (χ2n) is 7.40.